The van der Waals surface area contributed by atoms with Crippen molar-refractivity contribution in [3.63, 3.8) is 0 Å². The minimum absolute atomic E-state index is 0.176. The summed E-state index contributed by atoms with van der Waals surface area (Å²) >= 11 is 0. The molecule has 0 radical (unpaired) electrons. The Morgan fingerprint density at radius 2 is 2.00 bits per heavy atom. The molecular formula is C8H11NO5S. The quantitative estimate of drug-likeness (QED) is 0.519. The SMILES string of the molecule is C=C(C)C(=O)O.O=S(=O)(O)c1ccc[nH]1. The first kappa shape index (κ1) is 13.4. The van der Waals surface area contributed by atoms with Crippen LogP contribution >= 0.6 is 0 Å². The Bertz CT molecular complexity index is 420. The van der Waals surface area contributed by atoms with E-state index in [2.05, 4.69) is 11.6 Å². The van der Waals surface area contributed by atoms with Gasteiger partial charge in [-0.05, 0) is 19.1 Å². The van der Waals surface area contributed by atoms with Crippen molar-refractivity contribution in [2.75, 3.05) is 0 Å². The number of rotatable bonds is 2. The Balaban J connectivity index is 0.000000288. The molecule has 6 nitrogen and oxygen atoms in total. The molecule has 0 aliphatic carbocycles. The highest BCUT2D eigenvalue weighted by atomic mass is 32.2. The Morgan fingerprint density at radius 3 is 2.13 bits per heavy atom. The number of aromatic amines is 1. The molecule has 0 aliphatic rings. The molecule has 0 aromatic carbocycles. The van der Waals surface area contributed by atoms with Crippen molar-refractivity contribution in [3.8, 4) is 0 Å². The normalized spacial score (nSPS) is 10.0. The molecule has 0 amide bonds. The summed E-state index contributed by atoms with van der Waals surface area (Å²) in [5.74, 6) is -0.935. The Labute approximate surface area is 87.0 Å². The number of H-pyrrole nitrogens is 1. The van der Waals surface area contributed by atoms with Crippen LogP contribution in [0, 0.1) is 0 Å². The van der Waals surface area contributed by atoms with Crippen LogP contribution in [0.5, 0.6) is 0 Å². The Kier molecular flexibility index (Phi) is 4.75. The molecule has 1 heterocycles. The predicted molar refractivity (Wildman–Crippen MR) is 53.1 cm³/mol. The molecule has 15 heavy (non-hydrogen) atoms. The lowest BCUT2D eigenvalue weighted by Gasteiger charge is -1.86. The van der Waals surface area contributed by atoms with Crippen LogP contribution in [0.3, 0.4) is 0 Å². The maximum absolute atomic E-state index is 10.2. The molecule has 0 fully saturated rings. The van der Waals surface area contributed by atoms with Crippen molar-refractivity contribution < 1.29 is 22.9 Å². The van der Waals surface area contributed by atoms with Crippen LogP contribution in [0.4, 0.5) is 0 Å². The summed E-state index contributed by atoms with van der Waals surface area (Å²) < 4.78 is 28.8. The van der Waals surface area contributed by atoms with Gasteiger partial charge in [0, 0.05) is 11.8 Å². The molecule has 0 spiro atoms. The largest absolute Gasteiger partial charge is 0.478 e. The summed E-state index contributed by atoms with van der Waals surface area (Å²) in [4.78, 5) is 11.9. The highest BCUT2D eigenvalue weighted by Gasteiger charge is 2.07. The molecule has 0 saturated carbocycles. The zero-order valence-corrected chi connectivity index (χ0v) is 8.78. The van der Waals surface area contributed by atoms with Crippen molar-refractivity contribution in [1.29, 1.82) is 0 Å². The zero-order chi connectivity index (χ0) is 12.1. The number of hydrogen-bond donors (Lipinski definition) is 3. The third-order valence-electron chi connectivity index (χ3n) is 1.21. The van der Waals surface area contributed by atoms with E-state index >= 15 is 0 Å². The van der Waals surface area contributed by atoms with Gasteiger partial charge in [0.1, 0.15) is 0 Å². The van der Waals surface area contributed by atoms with Crippen LogP contribution in [0.25, 0.3) is 0 Å². The van der Waals surface area contributed by atoms with E-state index in [9.17, 15) is 13.2 Å². The number of carboxylic acids is 1. The maximum atomic E-state index is 10.2. The fraction of sp³-hybridized carbons (Fsp3) is 0.125. The fourth-order valence-electron chi connectivity index (χ4n) is 0.474. The van der Waals surface area contributed by atoms with Crippen molar-refractivity contribution in [1.82, 2.24) is 4.98 Å². The molecule has 7 heteroatoms. The van der Waals surface area contributed by atoms with Crippen molar-refractivity contribution in [2.24, 2.45) is 0 Å². The van der Waals surface area contributed by atoms with Crippen LogP contribution < -0.4 is 0 Å². The summed E-state index contributed by atoms with van der Waals surface area (Å²) in [6.07, 6.45) is 1.42. The number of aliphatic carboxylic acids is 1. The number of carbonyl (C=O) groups is 1. The lowest BCUT2D eigenvalue weighted by atomic mass is 10.4. The van der Waals surface area contributed by atoms with Gasteiger partial charge in [-0.1, -0.05) is 6.58 Å². The van der Waals surface area contributed by atoms with Crippen molar-refractivity contribution >= 4 is 16.1 Å². The highest BCUT2D eigenvalue weighted by Crippen LogP contribution is 2.01. The molecule has 1 aromatic rings. The van der Waals surface area contributed by atoms with Gasteiger partial charge in [0.15, 0.2) is 5.03 Å². The van der Waals surface area contributed by atoms with Gasteiger partial charge in [0.25, 0.3) is 0 Å². The van der Waals surface area contributed by atoms with E-state index in [1.165, 1.54) is 25.3 Å². The summed E-state index contributed by atoms with van der Waals surface area (Å²) in [5.41, 5.74) is 0.176. The number of aromatic nitrogens is 1. The predicted octanol–water partition coefficient (Wildman–Crippen LogP) is 0.909. The molecule has 84 valence electrons. The summed E-state index contributed by atoms with van der Waals surface area (Å²) in [6, 6.07) is 2.76. The Hall–Kier alpha value is -1.60. The average Bonchev–Trinajstić information content (AvgIpc) is 2.55. The van der Waals surface area contributed by atoms with Gasteiger partial charge in [0.05, 0.1) is 0 Å². The first-order chi connectivity index (χ1) is 6.75. The Morgan fingerprint density at radius 1 is 1.53 bits per heavy atom. The maximum Gasteiger partial charge on any atom is 0.330 e. The molecule has 0 aliphatic heterocycles. The molecule has 0 atom stereocenters. The first-order valence-corrected chi connectivity index (χ1v) is 5.19. The number of carboxylic acid groups (broad SMARTS) is 1. The van der Waals surface area contributed by atoms with Crippen LogP contribution in [-0.4, -0.2) is 29.0 Å². The molecule has 3 N–H and O–H groups in total. The fourth-order valence-corrected chi connectivity index (χ4v) is 0.942. The van der Waals surface area contributed by atoms with Gasteiger partial charge in [-0.2, -0.15) is 8.42 Å². The topological polar surface area (TPSA) is 107 Å². The number of nitrogens with one attached hydrogen (secondary N) is 1. The first-order valence-electron chi connectivity index (χ1n) is 3.75. The lowest BCUT2D eigenvalue weighted by Crippen LogP contribution is -1.96. The second-order valence-electron chi connectivity index (χ2n) is 2.59. The smallest absolute Gasteiger partial charge is 0.330 e. The van der Waals surface area contributed by atoms with Gasteiger partial charge in [-0.15, -0.1) is 0 Å². The standard InChI is InChI=1S/C4H5NO3S.C4H6O2/c6-9(7,8)4-2-1-3-5-4;1-3(2)4(5)6/h1-3,5H,(H,6,7,8);1H2,2H3,(H,5,6). The lowest BCUT2D eigenvalue weighted by molar-refractivity contribution is -0.132. The highest BCUT2D eigenvalue weighted by molar-refractivity contribution is 7.85. The zero-order valence-electron chi connectivity index (χ0n) is 7.97. The van der Waals surface area contributed by atoms with Gasteiger partial charge in [-0.3, -0.25) is 4.55 Å². The summed E-state index contributed by atoms with van der Waals surface area (Å²) in [5, 5.41) is 7.71. The van der Waals surface area contributed by atoms with E-state index in [4.69, 9.17) is 9.66 Å². The molecule has 1 rings (SSSR count). The van der Waals surface area contributed by atoms with E-state index in [1.807, 2.05) is 0 Å². The third kappa shape index (κ3) is 5.66. The van der Waals surface area contributed by atoms with Gasteiger partial charge in [-0.25, -0.2) is 4.79 Å². The van der Waals surface area contributed by atoms with Crippen LogP contribution in [0.1, 0.15) is 6.92 Å². The van der Waals surface area contributed by atoms with Gasteiger partial charge >= 0.3 is 16.1 Å². The van der Waals surface area contributed by atoms with E-state index in [0.29, 0.717) is 0 Å². The summed E-state index contributed by atoms with van der Waals surface area (Å²) in [7, 11) is -4.02. The molecular weight excluding hydrogens is 222 g/mol. The number of hydrogen-bond acceptors (Lipinski definition) is 3. The molecule has 0 saturated heterocycles. The van der Waals surface area contributed by atoms with Crippen molar-refractivity contribution in [2.45, 2.75) is 11.9 Å². The minimum atomic E-state index is -4.02. The molecule has 0 bridgehead atoms. The van der Waals surface area contributed by atoms with E-state index in [-0.39, 0.29) is 10.6 Å². The van der Waals surface area contributed by atoms with Crippen LogP contribution in [0.2, 0.25) is 0 Å². The van der Waals surface area contributed by atoms with Gasteiger partial charge < -0.3 is 10.1 Å². The van der Waals surface area contributed by atoms with Crippen molar-refractivity contribution in [3.05, 3.63) is 30.5 Å². The van der Waals surface area contributed by atoms with Gasteiger partial charge in [0.2, 0.25) is 0 Å². The average molecular weight is 233 g/mol. The van der Waals surface area contributed by atoms with E-state index in [1.54, 1.807) is 0 Å². The van der Waals surface area contributed by atoms with E-state index in [0.717, 1.165) is 0 Å². The molecule has 0 unspecified atom stereocenters. The third-order valence-corrected chi connectivity index (χ3v) is 2.02. The van der Waals surface area contributed by atoms with Crippen LogP contribution in [0.15, 0.2) is 35.5 Å². The minimum Gasteiger partial charge on any atom is -0.478 e. The van der Waals surface area contributed by atoms with Crippen LogP contribution in [-0.2, 0) is 14.9 Å². The summed E-state index contributed by atoms with van der Waals surface area (Å²) in [6.45, 7) is 4.60. The molecule has 1 aromatic heterocycles. The monoisotopic (exact) mass is 233 g/mol. The van der Waals surface area contributed by atoms with E-state index < -0.39 is 16.1 Å². The second kappa shape index (κ2) is 5.32. The second-order valence-corrected chi connectivity index (χ2v) is 3.98.